The zero-order chi connectivity index (χ0) is 18.9. The molecule has 2 heterocycles. The second kappa shape index (κ2) is 10.1. The second-order valence-electron chi connectivity index (χ2n) is 7.12. The largest absolute Gasteiger partial charge is 0.385 e. The number of amides is 1. The molecule has 1 aromatic heterocycles. The molecule has 0 unspecified atom stereocenters. The summed E-state index contributed by atoms with van der Waals surface area (Å²) < 4.78 is 4.98. The number of rotatable bonds is 8. The van der Waals surface area contributed by atoms with Crippen LogP contribution < -0.4 is 10.2 Å². The van der Waals surface area contributed by atoms with Crippen molar-refractivity contribution in [3.8, 4) is 0 Å². The minimum Gasteiger partial charge on any atom is -0.385 e. The van der Waals surface area contributed by atoms with Gasteiger partial charge in [0, 0.05) is 33.4 Å². The zero-order valence-corrected chi connectivity index (χ0v) is 16.1. The van der Waals surface area contributed by atoms with Crippen LogP contribution in [0.1, 0.15) is 35.3 Å². The SMILES string of the molecule is COCCCNC(=O)c1ccc(N2CCC(Cc3ccccc3)CC2)cn1. The predicted octanol–water partition coefficient (Wildman–Crippen LogP) is 3.31. The molecule has 27 heavy (non-hydrogen) atoms. The topological polar surface area (TPSA) is 54.5 Å². The van der Waals surface area contributed by atoms with Gasteiger partial charge in [-0.25, -0.2) is 4.98 Å². The van der Waals surface area contributed by atoms with Crippen LogP contribution >= 0.6 is 0 Å². The van der Waals surface area contributed by atoms with E-state index in [0.717, 1.165) is 37.5 Å². The van der Waals surface area contributed by atoms with Crippen LogP contribution in [0.4, 0.5) is 5.69 Å². The third kappa shape index (κ3) is 5.79. The summed E-state index contributed by atoms with van der Waals surface area (Å²) in [6.45, 7) is 3.33. The van der Waals surface area contributed by atoms with Gasteiger partial charge in [0.2, 0.25) is 0 Å². The molecule has 1 fully saturated rings. The lowest BCUT2D eigenvalue weighted by atomic mass is 9.90. The van der Waals surface area contributed by atoms with Crippen molar-refractivity contribution in [2.75, 3.05) is 38.3 Å². The fourth-order valence-electron chi connectivity index (χ4n) is 3.56. The monoisotopic (exact) mass is 367 g/mol. The van der Waals surface area contributed by atoms with Crippen LogP contribution in [0.2, 0.25) is 0 Å². The fraction of sp³-hybridized carbons (Fsp3) is 0.455. The van der Waals surface area contributed by atoms with Crippen molar-refractivity contribution in [1.29, 1.82) is 0 Å². The smallest absolute Gasteiger partial charge is 0.269 e. The van der Waals surface area contributed by atoms with E-state index in [1.165, 1.54) is 18.4 Å². The Morgan fingerprint density at radius 3 is 2.63 bits per heavy atom. The molecule has 0 saturated carbocycles. The number of pyridine rings is 1. The second-order valence-corrected chi connectivity index (χ2v) is 7.12. The highest BCUT2D eigenvalue weighted by Gasteiger charge is 2.20. The highest BCUT2D eigenvalue weighted by molar-refractivity contribution is 5.92. The summed E-state index contributed by atoms with van der Waals surface area (Å²) in [5.74, 6) is 0.619. The summed E-state index contributed by atoms with van der Waals surface area (Å²) >= 11 is 0. The molecular formula is C22H29N3O2. The first-order valence-electron chi connectivity index (χ1n) is 9.78. The minimum absolute atomic E-state index is 0.126. The molecule has 3 rings (SSSR count). The Morgan fingerprint density at radius 2 is 1.96 bits per heavy atom. The van der Waals surface area contributed by atoms with Gasteiger partial charge in [-0.2, -0.15) is 0 Å². The molecule has 1 amide bonds. The van der Waals surface area contributed by atoms with E-state index in [1.54, 1.807) is 7.11 Å². The number of aromatic nitrogens is 1. The number of piperidine rings is 1. The van der Waals surface area contributed by atoms with Gasteiger partial charge in [0.25, 0.3) is 5.91 Å². The lowest BCUT2D eigenvalue weighted by Gasteiger charge is -2.33. The molecule has 1 aliphatic heterocycles. The number of carbonyl (C=O) groups excluding carboxylic acids is 1. The minimum atomic E-state index is -0.126. The van der Waals surface area contributed by atoms with Gasteiger partial charge in [0.15, 0.2) is 0 Å². The highest BCUT2D eigenvalue weighted by Crippen LogP contribution is 2.25. The van der Waals surface area contributed by atoms with Crippen molar-refractivity contribution in [3.63, 3.8) is 0 Å². The number of nitrogens with one attached hydrogen (secondary N) is 1. The number of methoxy groups -OCH3 is 1. The summed E-state index contributed by atoms with van der Waals surface area (Å²) in [6.07, 6.45) is 6.17. The van der Waals surface area contributed by atoms with Crippen LogP contribution in [0.25, 0.3) is 0 Å². The molecule has 1 saturated heterocycles. The molecule has 0 atom stereocenters. The van der Waals surface area contributed by atoms with E-state index in [2.05, 4.69) is 45.5 Å². The number of nitrogens with zero attached hydrogens (tertiary/aromatic N) is 2. The Morgan fingerprint density at radius 1 is 1.19 bits per heavy atom. The van der Waals surface area contributed by atoms with Gasteiger partial charge in [0.1, 0.15) is 5.69 Å². The van der Waals surface area contributed by atoms with E-state index in [9.17, 15) is 4.79 Å². The third-order valence-electron chi connectivity index (χ3n) is 5.14. The van der Waals surface area contributed by atoms with Gasteiger partial charge < -0.3 is 15.0 Å². The van der Waals surface area contributed by atoms with Crippen LogP contribution in [0, 0.1) is 5.92 Å². The van der Waals surface area contributed by atoms with Crippen LogP contribution in [-0.2, 0) is 11.2 Å². The molecular weight excluding hydrogens is 338 g/mol. The molecule has 1 N–H and O–H groups in total. The third-order valence-corrected chi connectivity index (χ3v) is 5.14. The molecule has 5 heteroatoms. The standard InChI is InChI=1S/C22H29N3O2/c1-27-15-5-12-23-22(26)21-9-8-20(17-24-21)25-13-10-19(11-14-25)16-18-6-3-2-4-7-18/h2-4,6-9,17,19H,5,10-16H2,1H3,(H,23,26). The highest BCUT2D eigenvalue weighted by atomic mass is 16.5. The Hall–Kier alpha value is -2.40. The van der Waals surface area contributed by atoms with Crippen molar-refractivity contribution in [2.45, 2.75) is 25.7 Å². The Balaban J connectivity index is 1.46. The predicted molar refractivity (Wildman–Crippen MR) is 108 cm³/mol. The average Bonchev–Trinajstić information content (AvgIpc) is 2.72. The normalized spacial score (nSPS) is 14.9. The Bertz CT molecular complexity index is 695. The van der Waals surface area contributed by atoms with Crippen molar-refractivity contribution >= 4 is 11.6 Å². The first kappa shape index (κ1) is 19.4. The van der Waals surface area contributed by atoms with E-state index in [0.29, 0.717) is 18.8 Å². The van der Waals surface area contributed by atoms with Crippen LogP contribution in [0.5, 0.6) is 0 Å². The van der Waals surface area contributed by atoms with Crippen LogP contribution in [-0.4, -0.2) is 44.2 Å². The summed E-state index contributed by atoms with van der Waals surface area (Å²) in [5, 5.41) is 2.87. The quantitative estimate of drug-likeness (QED) is 0.728. The van der Waals surface area contributed by atoms with E-state index in [4.69, 9.17) is 4.74 Å². The molecule has 0 aliphatic carbocycles. The zero-order valence-electron chi connectivity index (χ0n) is 16.1. The van der Waals surface area contributed by atoms with Crippen LogP contribution in [0.15, 0.2) is 48.7 Å². The van der Waals surface area contributed by atoms with E-state index in [1.807, 2.05) is 18.3 Å². The Kier molecular flexibility index (Phi) is 7.22. The van der Waals surface area contributed by atoms with Gasteiger partial charge in [0.05, 0.1) is 11.9 Å². The first-order chi connectivity index (χ1) is 13.3. The molecule has 0 spiro atoms. The number of benzene rings is 1. The van der Waals surface area contributed by atoms with Crippen molar-refractivity contribution < 1.29 is 9.53 Å². The Labute approximate surface area is 161 Å². The van der Waals surface area contributed by atoms with E-state index >= 15 is 0 Å². The summed E-state index contributed by atoms with van der Waals surface area (Å²) in [5.41, 5.74) is 3.00. The van der Waals surface area contributed by atoms with E-state index < -0.39 is 0 Å². The van der Waals surface area contributed by atoms with Crippen LogP contribution in [0.3, 0.4) is 0 Å². The maximum absolute atomic E-state index is 12.1. The van der Waals surface area contributed by atoms with Gasteiger partial charge >= 0.3 is 0 Å². The molecule has 144 valence electrons. The number of hydrogen-bond donors (Lipinski definition) is 1. The molecule has 2 aromatic rings. The molecule has 1 aliphatic rings. The molecule has 0 radical (unpaired) electrons. The van der Waals surface area contributed by atoms with Gasteiger partial charge in [-0.05, 0) is 49.3 Å². The summed E-state index contributed by atoms with van der Waals surface area (Å²) in [6, 6.07) is 14.6. The lowest BCUT2D eigenvalue weighted by molar-refractivity contribution is 0.0943. The number of hydrogen-bond acceptors (Lipinski definition) is 4. The number of anilines is 1. The average molecular weight is 367 g/mol. The lowest BCUT2D eigenvalue weighted by Crippen LogP contribution is -2.34. The number of ether oxygens (including phenoxy) is 1. The van der Waals surface area contributed by atoms with Crippen molar-refractivity contribution in [2.24, 2.45) is 5.92 Å². The fourth-order valence-corrected chi connectivity index (χ4v) is 3.56. The molecule has 0 bridgehead atoms. The van der Waals surface area contributed by atoms with Crippen molar-refractivity contribution in [1.82, 2.24) is 10.3 Å². The maximum Gasteiger partial charge on any atom is 0.269 e. The molecule has 5 nitrogen and oxygen atoms in total. The number of carbonyl (C=O) groups is 1. The summed E-state index contributed by atoms with van der Waals surface area (Å²) in [7, 11) is 1.66. The van der Waals surface area contributed by atoms with E-state index in [-0.39, 0.29) is 5.91 Å². The van der Waals surface area contributed by atoms with Gasteiger partial charge in [-0.3, -0.25) is 4.79 Å². The van der Waals surface area contributed by atoms with Gasteiger partial charge in [-0.1, -0.05) is 30.3 Å². The first-order valence-corrected chi connectivity index (χ1v) is 9.78. The summed E-state index contributed by atoms with van der Waals surface area (Å²) in [4.78, 5) is 18.8. The van der Waals surface area contributed by atoms with Crippen molar-refractivity contribution in [3.05, 3.63) is 59.9 Å². The van der Waals surface area contributed by atoms with Gasteiger partial charge in [-0.15, -0.1) is 0 Å². The maximum atomic E-state index is 12.1. The molecule has 1 aromatic carbocycles.